The Kier molecular flexibility index (Phi) is 3.87. The topological polar surface area (TPSA) is 78.9 Å². The van der Waals surface area contributed by atoms with Crippen molar-refractivity contribution in [3.05, 3.63) is 0 Å². The van der Waals surface area contributed by atoms with Crippen LogP contribution in [0.25, 0.3) is 0 Å². The lowest BCUT2D eigenvalue weighted by Crippen LogP contribution is -2.31. The summed E-state index contributed by atoms with van der Waals surface area (Å²) in [4.78, 5) is 34.1. The molecule has 1 heterocycles. The molecule has 0 amide bonds. The molecule has 0 bridgehead atoms. The van der Waals surface area contributed by atoms with Crippen molar-refractivity contribution < 1.29 is 28.6 Å². The normalized spacial score (nSPS) is 28.4. The number of esters is 3. The molecule has 0 saturated carbocycles. The molecule has 6 nitrogen and oxygen atoms in total. The van der Waals surface area contributed by atoms with E-state index >= 15 is 0 Å². The van der Waals surface area contributed by atoms with Gasteiger partial charge in [-0.25, -0.2) is 4.79 Å². The van der Waals surface area contributed by atoms with Crippen LogP contribution in [0.15, 0.2) is 0 Å². The molecular formula is C10H14O6. The molecule has 0 N–H and O–H groups in total. The summed E-state index contributed by atoms with van der Waals surface area (Å²) in [6.45, 7) is 3.42. The highest BCUT2D eigenvalue weighted by Gasteiger charge is 2.50. The Morgan fingerprint density at radius 1 is 1.38 bits per heavy atom. The minimum Gasteiger partial charge on any atom is -0.468 e. The Morgan fingerprint density at radius 2 is 2.00 bits per heavy atom. The fraction of sp³-hybridized carbons (Fsp3) is 0.700. The van der Waals surface area contributed by atoms with E-state index in [0.29, 0.717) is 0 Å². The van der Waals surface area contributed by atoms with Gasteiger partial charge in [0.2, 0.25) is 6.10 Å². The summed E-state index contributed by atoms with van der Waals surface area (Å²) in [5, 5.41) is 0. The van der Waals surface area contributed by atoms with E-state index in [9.17, 15) is 14.4 Å². The first kappa shape index (κ1) is 12.5. The predicted octanol–water partition coefficient (Wildman–Crippen LogP) is -0.0998. The maximum atomic E-state index is 11.4. The summed E-state index contributed by atoms with van der Waals surface area (Å²) < 4.78 is 14.0. The van der Waals surface area contributed by atoms with Crippen LogP contribution in [0.3, 0.4) is 0 Å². The van der Waals surface area contributed by atoms with Crippen molar-refractivity contribution in [2.45, 2.75) is 20.0 Å². The third-order valence-electron chi connectivity index (χ3n) is 2.47. The molecule has 1 fully saturated rings. The fourth-order valence-corrected chi connectivity index (χ4v) is 1.62. The van der Waals surface area contributed by atoms with Crippen LogP contribution in [0.2, 0.25) is 0 Å². The Bertz CT molecular complexity index is 310. The Balaban J connectivity index is 2.77. The van der Waals surface area contributed by atoms with Crippen molar-refractivity contribution in [2.24, 2.45) is 11.8 Å². The van der Waals surface area contributed by atoms with Crippen LogP contribution in [0.1, 0.15) is 13.8 Å². The molecule has 0 aliphatic carbocycles. The van der Waals surface area contributed by atoms with E-state index in [2.05, 4.69) is 4.74 Å². The largest absolute Gasteiger partial charge is 0.468 e. The number of carbonyl (C=O) groups excluding carboxylic acids is 3. The number of carbonyl (C=O) groups is 3. The van der Waals surface area contributed by atoms with Gasteiger partial charge in [0.15, 0.2) is 5.92 Å². The average molecular weight is 230 g/mol. The van der Waals surface area contributed by atoms with Crippen molar-refractivity contribution in [1.29, 1.82) is 0 Å². The van der Waals surface area contributed by atoms with Crippen LogP contribution in [-0.4, -0.2) is 37.7 Å². The zero-order chi connectivity index (χ0) is 12.3. The zero-order valence-electron chi connectivity index (χ0n) is 9.39. The first-order valence-electron chi connectivity index (χ1n) is 4.97. The predicted molar refractivity (Wildman–Crippen MR) is 51.2 cm³/mol. The molecule has 3 atom stereocenters. The first-order valence-corrected chi connectivity index (χ1v) is 4.97. The van der Waals surface area contributed by atoms with Crippen molar-refractivity contribution in [3.63, 3.8) is 0 Å². The molecule has 1 saturated heterocycles. The second-order valence-electron chi connectivity index (χ2n) is 3.47. The van der Waals surface area contributed by atoms with E-state index < -0.39 is 35.8 Å². The molecule has 1 aliphatic rings. The van der Waals surface area contributed by atoms with Gasteiger partial charge in [-0.15, -0.1) is 0 Å². The third kappa shape index (κ3) is 2.15. The van der Waals surface area contributed by atoms with E-state index in [0.717, 1.165) is 0 Å². The summed E-state index contributed by atoms with van der Waals surface area (Å²) in [5.41, 5.74) is 0. The van der Waals surface area contributed by atoms with Gasteiger partial charge in [-0.3, -0.25) is 9.59 Å². The number of ether oxygens (including phenoxy) is 3. The van der Waals surface area contributed by atoms with Crippen molar-refractivity contribution in [1.82, 2.24) is 0 Å². The molecule has 0 aromatic carbocycles. The van der Waals surface area contributed by atoms with Gasteiger partial charge in [-0.05, 0) is 6.92 Å². The molecule has 0 spiro atoms. The zero-order valence-corrected chi connectivity index (χ0v) is 9.39. The number of rotatable bonds is 3. The van der Waals surface area contributed by atoms with E-state index in [1.54, 1.807) is 13.8 Å². The van der Waals surface area contributed by atoms with Crippen LogP contribution in [0, 0.1) is 11.8 Å². The van der Waals surface area contributed by atoms with Gasteiger partial charge in [0, 0.05) is 5.92 Å². The summed E-state index contributed by atoms with van der Waals surface area (Å²) >= 11 is 0. The lowest BCUT2D eigenvalue weighted by Gasteiger charge is -2.13. The summed E-state index contributed by atoms with van der Waals surface area (Å²) in [7, 11) is 1.18. The smallest absolute Gasteiger partial charge is 0.347 e. The van der Waals surface area contributed by atoms with E-state index in [-0.39, 0.29) is 6.61 Å². The molecule has 6 heteroatoms. The Labute approximate surface area is 92.8 Å². The molecule has 0 radical (unpaired) electrons. The molecule has 16 heavy (non-hydrogen) atoms. The van der Waals surface area contributed by atoms with Crippen LogP contribution in [-0.2, 0) is 28.6 Å². The minimum absolute atomic E-state index is 0.197. The Hall–Kier alpha value is -1.59. The molecule has 1 rings (SSSR count). The highest BCUT2D eigenvalue weighted by Crippen LogP contribution is 2.29. The van der Waals surface area contributed by atoms with Crippen molar-refractivity contribution in [2.75, 3.05) is 13.7 Å². The molecule has 0 unspecified atom stereocenters. The maximum absolute atomic E-state index is 11.4. The van der Waals surface area contributed by atoms with Gasteiger partial charge < -0.3 is 14.2 Å². The second-order valence-corrected chi connectivity index (χ2v) is 3.47. The monoisotopic (exact) mass is 230 g/mol. The van der Waals surface area contributed by atoms with Crippen molar-refractivity contribution >= 4 is 17.9 Å². The highest BCUT2D eigenvalue weighted by atomic mass is 16.6. The van der Waals surface area contributed by atoms with Gasteiger partial charge in [0.25, 0.3) is 0 Å². The fourth-order valence-electron chi connectivity index (χ4n) is 1.62. The Morgan fingerprint density at radius 3 is 2.50 bits per heavy atom. The van der Waals surface area contributed by atoms with Crippen LogP contribution in [0.5, 0.6) is 0 Å². The maximum Gasteiger partial charge on any atom is 0.347 e. The molecule has 0 aromatic heterocycles. The average Bonchev–Trinajstić information content (AvgIpc) is 2.54. The summed E-state index contributed by atoms with van der Waals surface area (Å²) in [6, 6.07) is 0. The molecule has 90 valence electrons. The van der Waals surface area contributed by atoms with Gasteiger partial charge in [-0.1, -0.05) is 6.92 Å². The number of hydrogen-bond acceptors (Lipinski definition) is 6. The van der Waals surface area contributed by atoms with E-state index in [1.807, 2.05) is 0 Å². The van der Waals surface area contributed by atoms with Crippen molar-refractivity contribution in [3.8, 4) is 0 Å². The van der Waals surface area contributed by atoms with Crippen LogP contribution >= 0.6 is 0 Å². The van der Waals surface area contributed by atoms with Gasteiger partial charge in [0.1, 0.15) is 0 Å². The number of methoxy groups -OCH3 is 1. The van der Waals surface area contributed by atoms with Crippen LogP contribution in [0.4, 0.5) is 0 Å². The quantitative estimate of drug-likeness (QED) is 0.382. The second kappa shape index (κ2) is 4.96. The van der Waals surface area contributed by atoms with Gasteiger partial charge in [-0.2, -0.15) is 0 Å². The molecule has 0 aromatic rings. The number of hydrogen-bond donors (Lipinski definition) is 0. The standard InChI is InChI=1S/C10H14O6/c1-4-15-10(13)7-5(2)6(8(11)14-3)9(12)16-7/h5-7H,4H2,1-3H3/t5-,6+,7+/m0/s1. The summed E-state index contributed by atoms with van der Waals surface area (Å²) in [5.74, 6) is -3.67. The lowest BCUT2D eigenvalue weighted by atomic mass is 9.92. The first-order chi connectivity index (χ1) is 7.52. The van der Waals surface area contributed by atoms with E-state index in [4.69, 9.17) is 9.47 Å². The molecular weight excluding hydrogens is 216 g/mol. The SMILES string of the molecule is CCOC(=O)[C@@H]1OC(=O)[C@@H](C(=O)OC)[C@@H]1C. The lowest BCUT2D eigenvalue weighted by molar-refractivity contribution is -0.163. The minimum atomic E-state index is -1.04. The van der Waals surface area contributed by atoms with E-state index in [1.165, 1.54) is 7.11 Å². The summed E-state index contributed by atoms with van der Waals surface area (Å²) in [6.07, 6.45) is -1.02. The number of cyclic esters (lactones) is 1. The highest BCUT2D eigenvalue weighted by molar-refractivity contribution is 5.99. The molecule has 1 aliphatic heterocycles. The van der Waals surface area contributed by atoms with Crippen LogP contribution < -0.4 is 0 Å². The van der Waals surface area contributed by atoms with Gasteiger partial charge in [0.05, 0.1) is 13.7 Å². The third-order valence-corrected chi connectivity index (χ3v) is 2.47. The van der Waals surface area contributed by atoms with Gasteiger partial charge >= 0.3 is 17.9 Å².